The van der Waals surface area contributed by atoms with Gasteiger partial charge in [0, 0.05) is 32.9 Å². The highest BCUT2D eigenvalue weighted by atomic mass is 16.5. The summed E-state index contributed by atoms with van der Waals surface area (Å²) < 4.78 is 5.51. The molecule has 1 aliphatic rings. The van der Waals surface area contributed by atoms with Crippen molar-refractivity contribution in [2.45, 2.75) is 25.0 Å². The lowest BCUT2D eigenvalue weighted by Crippen LogP contribution is -2.34. The molecular formula is C15H22N2O3. The third-order valence-corrected chi connectivity index (χ3v) is 3.56. The quantitative estimate of drug-likeness (QED) is 0.828. The average molecular weight is 278 g/mol. The van der Waals surface area contributed by atoms with Crippen molar-refractivity contribution in [1.82, 2.24) is 5.32 Å². The summed E-state index contributed by atoms with van der Waals surface area (Å²) in [6, 6.07) is 6.89. The van der Waals surface area contributed by atoms with Crippen molar-refractivity contribution in [2.24, 2.45) is 0 Å². The fourth-order valence-corrected chi connectivity index (χ4v) is 2.37. The molecule has 20 heavy (non-hydrogen) atoms. The minimum Gasteiger partial charge on any atom is -0.480 e. The predicted molar refractivity (Wildman–Crippen MR) is 78.1 cm³/mol. The normalized spacial score (nSPS) is 19.8. The van der Waals surface area contributed by atoms with E-state index < -0.39 is 12.0 Å². The second-order valence-electron chi connectivity index (χ2n) is 5.30. The molecule has 0 aromatic heterocycles. The van der Waals surface area contributed by atoms with Crippen LogP contribution in [0.2, 0.25) is 0 Å². The lowest BCUT2D eigenvalue weighted by molar-refractivity contribution is -0.139. The van der Waals surface area contributed by atoms with Gasteiger partial charge in [-0.25, -0.2) is 0 Å². The second-order valence-corrected chi connectivity index (χ2v) is 5.30. The predicted octanol–water partition coefficient (Wildman–Crippen LogP) is 1.65. The van der Waals surface area contributed by atoms with Gasteiger partial charge in [-0.15, -0.1) is 0 Å². The first-order valence-corrected chi connectivity index (χ1v) is 6.93. The van der Waals surface area contributed by atoms with E-state index in [1.54, 1.807) is 0 Å². The number of nitrogens with one attached hydrogen (secondary N) is 1. The number of hydrogen-bond acceptors (Lipinski definition) is 4. The number of anilines is 1. The summed E-state index contributed by atoms with van der Waals surface area (Å²) in [6.45, 7) is 1.36. The summed E-state index contributed by atoms with van der Waals surface area (Å²) in [6.07, 6.45) is 2.19. The van der Waals surface area contributed by atoms with Crippen molar-refractivity contribution in [1.29, 1.82) is 0 Å². The van der Waals surface area contributed by atoms with Crippen molar-refractivity contribution in [3.05, 3.63) is 29.8 Å². The molecule has 2 N–H and O–H groups in total. The van der Waals surface area contributed by atoms with E-state index >= 15 is 0 Å². The van der Waals surface area contributed by atoms with Crippen LogP contribution < -0.4 is 10.2 Å². The van der Waals surface area contributed by atoms with Gasteiger partial charge >= 0.3 is 5.97 Å². The lowest BCUT2D eigenvalue weighted by atomic mass is 10.1. The molecule has 1 aromatic carbocycles. The molecule has 2 rings (SSSR count). The van der Waals surface area contributed by atoms with Crippen molar-refractivity contribution >= 4 is 11.7 Å². The van der Waals surface area contributed by atoms with Gasteiger partial charge in [-0.1, -0.05) is 12.1 Å². The van der Waals surface area contributed by atoms with Gasteiger partial charge in [0.15, 0.2) is 0 Å². The standard InChI is InChI=1S/C15H22N2O3/c1-17(2)12-7-5-11(6-8-12)14(15(18)19)16-10-13-4-3-9-20-13/h5-8,13-14,16H,3-4,9-10H2,1-2H3,(H,18,19). The zero-order valence-electron chi connectivity index (χ0n) is 12.0. The Morgan fingerprint density at radius 2 is 2.15 bits per heavy atom. The van der Waals surface area contributed by atoms with Gasteiger partial charge in [-0.2, -0.15) is 0 Å². The highest BCUT2D eigenvalue weighted by Gasteiger charge is 2.22. The fourth-order valence-electron chi connectivity index (χ4n) is 2.37. The van der Waals surface area contributed by atoms with E-state index in [0.717, 1.165) is 30.7 Å². The molecule has 1 aromatic rings. The molecule has 0 radical (unpaired) electrons. The van der Waals surface area contributed by atoms with Crippen molar-refractivity contribution in [3.63, 3.8) is 0 Å². The van der Waals surface area contributed by atoms with Gasteiger partial charge in [0.1, 0.15) is 6.04 Å². The molecule has 1 heterocycles. The number of nitrogens with zero attached hydrogens (tertiary/aromatic N) is 1. The largest absolute Gasteiger partial charge is 0.480 e. The van der Waals surface area contributed by atoms with Crippen LogP contribution in [0.3, 0.4) is 0 Å². The minimum atomic E-state index is -0.861. The van der Waals surface area contributed by atoms with E-state index in [1.165, 1.54) is 0 Å². The molecule has 0 bridgehead atoms. The summed E-state index contributed by atoms with van der Waals surface area (Å²) in [5, 5.41) is 12.5. The highest BCUT2D eigenvalue weighted by molar-refractivity contribution is 5.75. The molecule has 5 heteroatoms. The van der Waals surface area contributed by atoms with Gasteiger partial charge in [0.2, 0.25) is 0 Å². The number of rotatable bonds is 6. The first-order valence-electron chi connectivity index (χ1n) is 6.93. The first-order chi connectivity index (χ1) is 9.58. The van der Waals surface area contributed by atoms with Crippen LogP contribution in [0, 0.1) is 0 Å². The Hall–Kier alpha value is -1.59. The molecule has 1 aliphatic heterocycles. The Bertz CT molecular complexity index is 439. The third kappa shape index (κ3) is 3.71. The topological polar surface area (TPSA) is 61.8 Å². The van der Waals surface area contributed by atoms with Gasteiger partial charge in [0.25, 0.3) is 0 Å². The van der Waals surface area contributed by atoms with Crippen LogP contribution in [-0.2, 0) is 9.53 Å². The fraction of sp³-hybridized carbons (Fsp3) is 0.533. The molecule has 0 spiro atoms. The Kier molecular flexibility index (Phi) is 4.98. The van der Waals surface area contributed by atoms with Gasteiger partial charge in [-0.05, 0) is 30.5 Å². The molecule has 0 aliphatic carbocycles. The molecular weight excluding hydrogens is 256 g/mol. The van der Waals surface area contributed by atoms with Gasteiger partial charge in [-0.3, -0.25) is 10.1 Å². The summed E-state index contributed by atoms with van der Waals surface area (Å²) in [7, 11) is 3.92. The minimum absolute atomic E-state index is 0.137. The maximum atomic E-state index is 11.4. The Balaban J connectivity index is 2.01. The van der Waals surface area contributed by atoms with Crippen LogP contribution >= 0.6 is 0 Å². The highest BCUT2D eigenvalue weighted by Crippen LogP contribution is 2.19. The molecule has 2 atom stereocenters. The van der Waals surface area contributed by atoms with Crippen molar-refractivity contribution < 1.29 is 14.6 Å². The van der Waals surface area contributed by atoms with Crippen LogP contribution in [0.5, 0.6) is 0 Å². The summed E-state index contributed by atoms with van der Waals surface area (Å²) in [5.74, 6) is -0.861. The van der Waals surface area contributed by atoms with Crippen molar-refractivity contribution in [2.75, 3.05) is 32.1 Å². The van der Waals surface area contributed by atoms with Crippen LogP contribution in [0.4, 0.5) is 5.69 Å². The number of hydrogen-bond donors (Lipinski definition) is 2. The summed E-state index contributed by atoms with van der Waals surface area (Å²) >= 11 is 0. The monoisotopic (exact) mass is 278 g/mol. The van der Waals surface area contributed by atoms with E-state index in [4.69, 9.17) is 4.74 Å². The zero-order valence-corrected chi connectivity index (χ0v) is 12.0. The van der Waals surface area contributed by atoms with Crippen molar-refractivity contribution in [3.8, 4) is 0 Å². The van der Waals surface area contributed by atoms with Gasteiger partial charge < -0.3 is 14.7 Å². The molecule has 1 fully saturated rings. The molecule has 0 amide bonds. The van der Waals surface area contributed by atoms with Crippen LogP contribution in [0.15, 0.2) is 24.3 Å². The van der Waals surface area contributed by atoms with E-state index in [9.17, 15) is 9.90 Å². The first kappa shape index (κ1) is 14.8. The van der Waals surface area contributed by atoms with E-state index in [1.807, 2.05) is 43.3 Å². The van der Waals surface area contributed by atoms with Gasteiger partial charge in [0.05, 0.1) is 6.10 Å². The SMILES string of the molecule is CN(C)c1ccc(C(NCC2CCCO2)C(=O)O)cc1. The molecule has 0 saturated carbocycles. The number of carbonyl (C=O) groups is 1. The zero-order chi connectivity index (χ0) is 14.5. The number of benzene rings is 1. The molecule has 5 nitrogen and oxygen atoms in total. The van der Waals surface area contributed by atoms with E-state index in [2.05, 4.69) is 5.32 Å². The Morgan fingerprint density at radius 3 is 2.65 bits per heavy atom. The number of carboxylic acids is 1. The van der Waals surface area contributed by atoms with Crippen LogP contribution in [0.1, 0.15) is 24.4 Å². The number of aliphatic carboxylic acids is 1. The third-order valence-electron chi connectivity index (χ3n) is 3.56. The summed E-state index contributed by atoms with van der Waals surface area (Å²) in [5.41, 5.74) is 1.82. The molecule has 1 saturated heterocycles. The molecule has 110 valence electrons. The second kappa shape index (κ2) is 6.72. The Labute approximate surface area is 119 Å². The summed E-state index contributed by atoms with van der Waals surface area (Å²) in [4.78, 5) is 13.4. The van der Waals surface area contributed by atoms with Crippen LogP contribution in [-0.4, -0.2) is 44.4 Å². The van der Waals surface area contributed by atoms with E-state index in [0.29, 0.717) is 6.54 Å². The number of ether oxygens (including phenoxy) is 1. The maximum Gasteiger partial charge on any atom is 0.325 e. The Morgan fingerprint density at radius 1 is 1.45 bits per heavy atom. The number of carboxylic acid groups (broad SMARTS) is 1. The van der Waals surface area contributed by atoms with E-state index in [-0.39, 0.29) is 6.10 Å². The van der Waals surface area contributed by atoms with Crippen LogP contribution in [0.25, 0.3) is 0 Å². The smallest absolute Gasteiger partial charge is 0.325 e. The maximum absolute atomic E-state index is 11.4. The molecule has 2 unspecified atom stereocenters. The lowest BCUT2D eigenvalue weighted by Gasteiger charge is -2.19. The average Bonchev–Trinajstić information content (AvgIpc) is 2.92.